The third kappa shape index (κ3) is 3.06. The van der Waals surface area contributed by atoms with E-state index in [0.717, 1.165) is 25.1 Å². The summed E-state index contributed by atoms with van der Waals surface area (Å²) in [6, 6.07) is 0. The van der Waals surface area contributed by atoms with Crippen LogP contribution in [0.2, 0.25) is 0 Å². The van der Waals surface area contributed by atoms with Crippen molar-refractivity contribution >= 4 is 28.3 Å². The molecule has 8 heteroatoms. The first-order valence-corrected chi connectivity index (χ1v) is 8.85. The number of carbonyl (C=O) groups excluding carboxylic acids is 1. The first-order chi connectivity index (χ1) is 11.4. The Kier molecular flexibility index (Phi) is 4.40. The molecule has 0 bridgehead atoms. The number of carbonyl (C=O) groups is 2. The number of hydrogen-bond donors (Lipinski definition) is 2. The average Bonchev–Trinajstić information content (AvgIpc) is 3.11. The number of carboxylic acids is 1. The van der Waals surface area contributed by atoms with Gasteiger partial charge in [-0.15, -0.1) is 11.3 Å². The summed E-state index contributed by atoms with van der Waals surface area (Å²) in [6.07, 6.45) is 3.73. The Hall–Kier alpha value is -2.22. The summed E-state index contributed by atoms with van der Waals surface area (Å²) in [5.74, 6) is -0.931. The van der Waals surface area contributed by atoms with E-state index in [2.05, 4.69) is 15.4 Å². The molecule has 1 fully saturated rings. The third-order valence-electron chi connectivity index (χ3n) is 3.99. The maximum atomic E-state index is 12.6. The smallest absolute Gasteiger partial charge is 0.355 e. The molecule has 0 aromatic carbocycles. The van der Waals surface area contributed by atoms with Gasteiger partial charge in [-0.1, -0.05) is 13.8 Å². The molecule has 0 saturated heterocycles. The van der Waals surface area contributed by atoms with Crippen LogP contribution in [0.3, 0.4) is 0 Å². The average molecular weight is 348 g/mol. The molecule has 0 radical (unpaired) electrons. The lowest BCUT2D eigenvalue weighted by Gasteiger charge is -2.06. The third-order valence-corrected chi connectivity index (χ3v) is 5.26. The SMILES string of the molecule is CCn1ncc(C(=O)Nc2nc(C(=O)O)c(C(C)C)s2)c1C1CC1. The van der Waals surface area contributed by atoms with E-state index in [-0.39, 0.29) is 17.5 Å². The maximum Gasteiger partial charge on any atom is 0.355 e. The molecular formula is C16H20N4O3S. The van der Waals surface area contributed by atoms with Crippen molar-refractivity contribution in [3.05, 3.63) is 28.0 Å². The fraction of sp³-hybridized carbons (Fsp3) is 0.500. The van der Waals surface area contributed by atoms with Gasteiger partial charge in [0.1, 0.15) is 0 Å². The van der Waals surface area contributed by atoms with E-state index in [4.69, 9.17) is 0 Å². The van der Waals surface area contributed by atoms with Crippen LogP contribution < -0.4 is 5.32 Å². The molecular weight excluding hydrogens is 328 g/mol. The lowest BCUT2D eigenvalue weighted by atomic mass is 10.1. The molecule has 7 nitrogen and oxygen atoms in total. The summed E-state index contributed by atoms with van der Waals surface area (Å²) in [4.78, 5) is 28.6. The van der Waals surface area contributed by atoms with Gasteiger partial charge in [0.05, 0.1) is 17.5 Å². The predicted octanol–water partition coefficient (Wildman–Crippen LogP) is 3.31. The van der Waals surface area contributed by atoms with Crippen LogP contribution in [0.4, 0.5) is 5.13 Å². The summed E-state index contributed by atoms with van der Waals surface area (Å²) in [5.41, 5.74) is 1.53. The fourth-order valence-electron chi connectivity index (χ4n) is 2.70. The van der Waals surface area contributed by atoms with E-state index in [1.165, 1.54) is 11.3 Å². The predicted molar refractivity (Wildman–Crippen MR) is 91.0 cm³/mol. The van der Waals surface area contributed by atoms with E-state index in [9.17, 15) is 14.7 Å². The van der Waals surface area contributed by atoms with Crippen molar-refractivity contribution < 1.29 is 14.7 Å². The number of aromatic nitrogens is 3. The van der Waals surface area contributed by atoms with Gasteiger partial charge in [0.25, 0.3) is 5.91 Å². The molecule has 128 valence electrons. The molecule has 3 rings (SSSR count). The van der Waals surface area contributed by atoms with Crippen molar-refractivity contribution in [1.82, 2.24) is 14.8 Å². The van der Waals surface area contributed by atoms with Gasteiger partial charge in [0.15, 0.2) is 10.8 Å². The lowest BCUT2D eigenvalue weighted by Crippen LogP contribution is -2.14. The second kappa shape index (κ2) is 6.35. The van der Waals surface area contributed by atoms with Crippen LogP contribution in [0.25, 0.3) is 0 Å². The molecule has 0 atom stereocenters. The van der Waals surface area contributed by atoms with Gasteiger partial charge in [-0.3, -0.25) is 14.8 Å². The lowest BCUT2D eigenvalue weighted by molar-refractivity contribution is 0.0689. The molecule has 2 N–H and O–H groups in total. The number of amides is 1. The summed E-state index contributed by atoms with van der Waals surface area (Å²) in [5, 5.41) is 16.6. The summed E-state index contributed by atoms with van der Waals surface area (Å²) >= 11 is 1.21. The number of carboxylic acid groups (broad SMARTS) is 1. The Balaban J connectivity index is 1.87. The highest BCUT2D eigenvalue weighted by molar-refractivity contribution is 7.16. The Bertz CT molecular complexity index is 789. The van der Waals surface area contributed by atoms with E-state index < -0.39 is 5.97 Å². The number of aromatic carboxylic acids is 1. The molecule has 1 saturated carbocycles. The van der Waals surface area contributed by atoms with E-state index in [0.29, 0.717) is 21.5 Å². The van der Waals surface area contributed by atoms with Crippen molar-refractivity contribution in [2.75, 3.05) is 5.32 Å². The first kappa shape index (κ1) is 16.6. The molecule has 0 unspecified atom stereocenters. The van der Waals surface area contributed by atoms with E-state index in [1.54, 1.807) is 6.20 Å². The zero-order chi connectivity index (χ0) is 17.4. The number of aryl methyl sites for hydroxylation is 1. The Morgan fingerprint density at radius 2 is 2.17 bits per heavy atom. The van der Waals surface area contributed by atoms with Crippen LogP contribution in [0, 0.1) is 0 Å². The van der Waals surface area contributed by atoms with Crippen LogP contribution in [0.1, 0.15) is 76.9 Å². The first-order valence-electron chi connectivity index (χ1n) is 8.03. The maximum absolute atomic E-state index is 12.6. The number of nitrogens with zero attached hydrogens (tertiary/aromatic N) is 3. The minimum atomic E-state index is -1.08. The number of anilines is 1. The van der Waals surface area contributed by atoms with Gasteiger partial charge in [-0.05, 0) is 25.7 Å². The zero-order valence-corrected chi connectivity index (χ0v) is 14.7. The topological polar surface area (TPSA) is 97.1 Å². The van der Waals surface area contributed by atoms with Gasteiger partial charge >= 0.3 is 5.97 Å². The normalized spacial score (nSPS) is 14.2. The molecule has 2 aromatic heterocycles. The molecule has 1 aliphatic rings. The Morgan fingerprint density at radius 1 is 1.46 bits per heavy atom. The Morgan fingerprint density at radius 3 is 2.67 bits per heavy atom. The number of nitrogens with one attached hydrogen (secondary N) is 1. The monoisotopic (exact) mass is 348 g/mol. The van der Waals surface area contributed by atoms with Crippen molar-refractivity contribution in [2.45, 2.75) is 52.0 Å². The van der Waals surface area contributed by atoms with Gasteiger partial charge in [-0.25, -0.2) is 9.78 Å². The number of rotatable bonds is 6. The van der Waals surface area contributed by atoms with Gasteiger partial charge in [0.2, 0.25) is 0 Å². The molecule has 0 aliphatic heterocycles. The standard InChI is InChI=1S/C16H20N4O3S/c1-4-20-12(9-5-6-9)10(7-17-20)14(21)19-16-18-11(15(22)23)13(24-16)8(2)3/h7-9H,4-6H2,1-3H3,(H,22,23)(H,18,19,21). The van der Waals surface area contributed by atoms with E-state index >= 15 is 0 Å². The second-order valence-corrected chi connectivity index (χ2v) is 7.21. The highest BCUT2D eigenvalue weighted by Gasteiger charge is 2.32. The molecule has 1 aliphatic carbocycles. The van der Waals surface area contributed by atoms with Crippen molar-refractivity contribution in [2.24, 2.45) is 0 Å². The van der Waals surface area contributed by atoms with Crippen molar-refractivity contribution in [3.63, 3.8) is 0 Å². The number of hydrogen-bond acceptors (Lipinski definition) is 5. The van der Waals surface area contributed by atoms with Crippen molar-refractivity contribution in [1.29, 1.82) is 0 Å². The molecule has 1 amide bonds. The van der Waals surface area contributed by atoms with Crippen LogP contribution in [-0.4, -0.2) is 31.7 Å². The summed E-state index contributed by atoms with van der Waals surface area (Å²) in [6.45, 7) is 6.52. The number of thiazole rings is 1. The zero-order valence-electron chi connectivity index (χ0n) is 13.9. The summed E-state index contributed by atoms with van der Waals surface area (Å²) in [7, 11) is 0. The molecule has 24 heavy (non-hydrogen) atoms. The largest absolute Gasteiger partial charge is 0.476 e. The highest BCUT2D eigenvalue weighted by atomic mass is 32.1. The molecule has 0 spiro atoms. The van der Waals surface area contributed by atoms with E-state index in [1.807, 2.05) is 25.5 Å². The van der Waals surface area contributed by atoms with Gasteiger partial charge in [0, 0.05) is 17.3 Å². The fourth-order valence-corrected chi connectivity index (χ4v) is 3.66. The quantitative estimate of drug-likeness (QED) is 0.835. The molecule has 2 aromatic rings. The minimum Gasteiger partial charge on any atom is -0.476 e. The highest BCUT2D eigenvalue weighted by Crippen LogP contribution is 2.42. The van der Waals surface area contributed by atoms with Gasteiger partial charge < -0.3 is 5.11 Å². The minimum absolute atomic E-state index is 0.0111. The second-order valence-electron chi connectivity index (χ2n) is 6.18. The van der Waals surface area contributed by atoms with Crippen molar-refractivity contribution in [3.8, 4) is 0 Å². The molecule has 2 heterocycles. The van der Waals surface area contributed by atoms with Crippen LogP contribution >= 0.6 is 11.3 Å². The van der Waals surface area contributed by atoms with Crippen LogP contribution in [0.15, 0.2) is 6.20 Å². The Labute approximate surface area is 143 Å². The van der Waals surface area contributed by atoms with Gasteiger partial charge in [-0.2, -0.15) is 5.10 Å². The summed E-state index contributed by atoms with van der Waals surface area (Å²) < 4.78 is 1.86. The van der Waals surface area contributed by atoms with Crippen LogP contribution in [-0.2, 0) is 6.54 Å². The van der Waals surface area contributed by atoms with Crippen LogP contribution in [0.5, 0.6) is 0 Å².